The van der Waals surface area contributed by atoms with Crippen LogP contribution in [0.15, 0.2) is 35.7 Å². The number of nitrogens with one attached hydrogen (secondary N) is 1. The van der Waals surface area contributed by atoms with E-state index in [1.807, 2.05) is 11.3 Å². The number of rotatable bonds is 4. The third-order valence-corrected chi connectivity index (χ3v) is 5.82. The molecule has 21 heavy (non-hydrogen) atoms. The molecule has 1 saturated carbocycles. The van der Waals surface area contributed by atoms with Crippen LogP contribution in [-0.4, -0.2) is 11.5 Å². The summed E-state index contributed by atoms with van der Waals surface area (Å²) in [6.07, 6.45) is 4.87. The molecule has 0 saturated heterocycles. The van der Waals surface area contributed by atoms with Crippen LogP contribution in [-0.2, 0) is 5.54 Å². The number of thiazole rings is 1. The van der Waals surface area contributed by atoms with Gasteiger partial charge in [-0.05, 0) is 50.6 Å². The van der Waals surface area contributed by atoms with Crippen molar-refractivity contribution in [1.82, 2.24) is 10.3 Å². The molecule has 112 valence electrons. The van der Waals surface area contributed by atoms with E-state index in [0.717, 1.165) is 12.2 Å². The minimum absolute atomic E-state index is 0.110. The van der Waals surface area contributed by atoms with Crippen LogP contribution < -0.4 is 5.32 Å². The molecule has 0 atom stereocenters. The van der Waals surface area contributed by atoms with Crippen LogP contribution in [0.4, 0.5) is 0 Å². The zero-order chi connectivity index (χ0) is 14.7. The predicted molar refractivity (Wildman–Crippen MR) is 89.9 cm³/mol. The normalized spacial score (nSPS) is 25.9. The summed E-state index contributed by atoms with van der Waals surface area (Å²) in [6, 6.07) is 11.0. The molecule has 3 rings (SSSR count). The van der Waals surface area contributed by atoms with E-state index in [9.17, 15) is 0 Å². The summed E-state index contributed by atoms with van der Waals surface area (Å²) in [7, 11) is 0. The van der Waals surface area contributed by atoms with Gasteiger partial charge >= 0.3 is 0 Å². The second kappa shape index (κ2) is 6.29. The highest BCUT2D eigenvalue weighted by Crippen LogP contribution is 2.44. The van der Waals surface area contributed by atoms with Gasteiger partial charge in [0.2, 0.25) is 0 Å². The number of aromatic nitrogens is 1. The van der Waals surface area contributed by atoms with Gasteiger partial charge in [0, 0.05) is 11.1 Å². The van der Waals surface area contributed by atoms with Gasteiger partial charge < -0.3 is 5.32 Å². The summed E-state index contributed by atoms with van der Waals surface area (Å²) < 4.78 is 0. The van der Waals surface area contributed by atoms with E-state index in [1.54, 1.807) is 0 Å². The summed E-state index contributed by atoms with van der Waals surface area (Å²) in [5.41, 5.74) is 2.76. The number of hydrogen-bond acceptors (Lipinski definition) is 3. The van der Waals surface area contributed by atoms with Crippen molar-refractivity contribution in [1.29, 1.82) is 0 Å². The third kappa shape index (κ3) is 3.04. The molecule has 1 heterocycles. The van der Waals surface area contributed by atoms with Gasteiger partial charge in [-0.25, -0.2) is 4.98 Å². The van der Waals surface area contributed by atoms with Crippen molar-refractivity contribution in [2.45, 2.75) is 51.0 Å². The lowest BCUT2D eigenvalue weighted by atomic mass is 9.74. The molecule has 2 nitrogen and oxygen atoms in total. The van der Waals surface area contributed by atoms with E-state index in [2.05, 4.69) is 54.9 Å². The molecule has 1 aliphatic rings. The van der Waals surface area contributed by atoms with Crippen molar-refractivity contribution in [2.75, 3.05) is 6.54 Å². The van der Waals surface area contributed by atoms with Crippen LogP contribution in [0.5, 0.6) is 0 Å². The zero-order valence-electron chi connectivity index (χ0n) is 12.9. The molecule has 1 aromatic carbocycles. The second-order valence-corrected chi connectivity index (χ2v) is 6.95. The Morgan fingerprint density at radius 3 is 2.52 bits per heavy atom. The Balaban J connectivity index is 1.77. The van der Waals surface area contributed by atoms with Gasteiger partial charge in [0.15, 0.2) is 0 Å². The number of aryl methyl sites for hydroxylation is 1. The third-order valence-electron chi connectivity index (χ3n) is 4.65. The van der Waals surface area contributed by atoms with Crippen LogP contribution in [0.25, 0.3) is 0 Å². The Morgan fingerprint density at radius 2 is 1.95 bits per heavy atom. The maximum Gasteiger partial charge on any atom is 0.113 e. The van der Waals surface area contributed by atoms with Crippen LogP contribution in [0.1, 0.15) is 54.8 Å². The predicted octanol–water partition coefficient (Wildman–Crippen LogP) is 4.61. The fourth-order valence-corrected chi connectivity index (χ4v) is 4.58. The van der Waals surface area contributed by atoms with Crippen molar-refractivity contribution in [3.63, 3.8) is 0 Å². The van der Waals surface area contributed by atoms with Crippen molar-refractivity contribution < 1.29 is 0 Å². The largest absolute Gasteiger partial charge is 0.306 e. The number of nitrogens with zero attached hydrogens (tertiary/aromatic N) is 1. The molecule has 0 unspecified atom stereocenters. The van der Waals surface area contributed by atoms with Crippen LogP contribution >= 0.6 is 11.3 Å². The molecule has 1 fully saturated rings. The average Bonchev–Trinajstić information content (AvgIpc) is 2.96. The van der Waals surface area contributed by atoms with E-state index in [4.69, 9.17) is 4.98 Å². The minimum Gasteiger partial charge on any atom is -0.306 e. The molecule has 1 N–H and O–H groups in total. The van der Waals surface area contributed by atoms with Gasteiger partial charge in [-0.15, -0.1) is 11.3 Å². The fraction of sp³-hybridized carbons (Fsp3) is 0.500. The first kappa shape index (κ1) is 14.7. The Labute approximate surface area is 131 Å². The summed E-state index contributed by atoms with van der Waals surface area (Å²) in [4.78, 5) is 4.78. The maximum atomic E-state index is 4.78. The van der Waals surface area contributed by atoms with E-state index in [0.29, 0.717) is 5.92 Å². The van der Waals surface area contributed by atoms with Gasteiger partial charge in [-0.1, -0.05) is 37.3 Å². The highest BCUT2D eigenvalue weighted by atomic mass is 32.1. The molecule has 3 heteroatoms. The Kier molecular flexibility index (Phi) is 4.41. The van der Waals surface area contributed by atoms with Crippen molar-refractivity contribution in [2.24, 2.45) is 0 Å². The molecular formula is C18H24N2S. The monoisotopic (exact) mass is 300 g/mol. The van der Waals surface area contributed by atoms with Crippen molar-refractivity contribution in [3.8, 4) is 0 Å². The molecule has 1 aliphatic carbocycles. The smallest absolute Gasteiger partial charge is 0.113 e. The van der Waals surface area contributed by atoms with Crippen molar-refractivity contribution >= 4 is 11.3 Å². The average molecular weight is 300 g/mol. The number of hydrogen-bond donors (Lipinski definition) is 1. The van der Waals surface area contributed by atoms with Crippen LogP contribution in [0, 0.1) is 6.92 Å². The Morgan fingerprint density at radius 1 is 1.24 bits per heavy atom. The Bertz CT molecular complexity index is 568. The molecule has 0 amide bonds. The topological polar surface area (TPSA) is 24.9 Å². The molecule has 2 aromatic rings. The summed E-state index contributed by atoms with van der Waals surface area (Å²) in [5, 5.41) is 7.21. The highest BCUT2D eigenvalue weighted by molar-refractivity contribution is 7.09. The molecule has 0 bridgehead atoms. The van der Waals surface area contributed by atoms with E-state index < -0.39 is 0 Å². The van der Waals surface area contributed by atoms with Crippen LogP contribution in [0.3, 0.4) is 0 Å². The van der Waals surface area contributed by atoms with Gasteiger partial charge in [-0.2, -0.15) is 0 Å². The standard InChI is InChI=1S/C18H24N2S/c1-3-19-18(17-20-14(2)13-21-17)11-9-16(10-12-18)15-7-5-4-6-8-15/h4-8,13,16,19H,3,9-12H2,1-2H3. The van der Waals surface area contributed by atoms with Crippen molar-refractivity contribution in [3.05, 3.63) is 52.0 Å². The summed E-state index contributed by atoms with van der Waals surface area (Å²) >= 11 is 1.82. The van der Waals surface area contributed by atoms with Gasteiger partial charge in [-0.3, -0.25) is 0 Å². The SMILES string of the molecule is CCNC1(c2nc(C)cs2)CCC(c2ccccc2)CC1. The molecule has 0 spiro atoms. The first-order valence-corrected chi connectivity index (χ1v) is 8.84. The molecular weight excluding hydrogens is 276 g/mol. The first-order chi connectivity index (χ1) is 10.2. The first-order valence-electron chi connectivity index (χ1n) is 7.96. The minimum atomic E-state index is 0.110. The molecule has 0 radical (unpaired) electrons. The molecule has 0 aliphatic heterocycles. The van der Waals surface area contributed by atoms with E-state index in [-0.39, 0.29) is 5.54 Å². The van der Waals surface area contributed by atoms with E-state index in [1.165, 1.54) is 36.3 Å². The Hall–Kier alpha value is -1.19. The maximum absolute atomic E-state index is 4.78. The lowest BCUT2D eigenvalue weighted by Crippen LogP contribution is -2.44. The summed E-state index contributed by atoms with van der Waals surface area (Å²) in [6.45, 7) is 5.30. The second-order valence-electron chi connectivity index (χ2n) is 6.09. The summed E-state index contributed by atoms with van der Waals surface area (Å²) in [5.74, 6) is 0.707. The van der Waals surface area contributed by atoms with Crippen LogP contribution in [0.2, 0.25) is 0 Å². The lowest BCUT2D eigenvalue weighted by molar-refractivity contribution is 0.220. The lowest BCUT2D eigenvalue weighted by Gasteiger charge is -2.39. The fourth-order valence-electron chi connectivity index (χ4n) is 3.55. The van der Waals surface area contributed by atoms with E-state index >= 15 is 0 Å². The quantitative estimate of drug-likeness (QED) is 0.891. The van der Waals surface area contributed by atoms with Gasteiger partial charge in [0.1, 0.15) is 5.01 Å². The zero-order valence-corrected chi connectivity index (χ0v) is 13.7. The number of benzene rings is 1. The highest BCUT2D eigenvalue weighted by Gasteiger charge is 2.38. The van der Waals surface area contributed by atoms with Gasteiger partial charge in [0.05, 0.1) is 5.54 Å². The van der Waals surface area contributed by atoms with Gasteiger partial charge in [0.25, 0.3) is 0 Å². The molecule has 1 aromatic heterocycles.